The molecule has 2 N–H and O–H groups in total. The minimum Gasteiger partial charge on any atom is -0.459 e. The summed E-state index contributed by atoms with van der Waals surface area (Å²) in [5.74, 6) is -0.584. The van der Waals surface area contributed by atoms with Crippen LogP contribution in [0.3, 0.4) is 0 Å². The highest BCUT2D eigenvalue weighted by Crippen LogP contribution is 2.02. The Morgan fingerprint density at radius 3 is 2.89 bits per heavy atom. The topological polar surface area (TPSA) is 82.8 Å². The SMILES string of the molecule is C=CCN(CCO)C(=O)C(C)NC(=O)c1ccco1. The number of carbonyl (C=O) groups excluding carboxylic acids is 2. The number of carbonyl (C=O) groups is 2. The average molecular weight is 266 g/mol. The Hall–Kier alpha value is -2.08. The van der Waals surface area contributed by atoms with Gasteiger partial charge in [0.05, 0.1) is 12.9 Å². The lowest BCUT2D eigenvalue weighted by Gasteiger charge is -2.24. The van der Waals surface area contributed by atoms with Gasteiger partial charge in [0.25, 0.3) is 5.91 Å². The van der Waals surface area contributed by atoms with Crippen molar-refractivity contribution in [2.45, 2.75) is 13.0 Å². The highest BCUT2D eigenvalue weighted by atomic mass is 16.3. The third-order valence-corrected chi connectivity index (χ3v) is 2.49. The van der Waals surface area contributed by atoms with Crippen molar-refractivity contribution in [3.05, 3.63) is 36.8 Å². The highest BCUT2D eigenvalue weighted by Gasteiger charge is 2.22. The number of rotatable bonds is 7. The van der Waals surface area contributed by atoms with Gasteiger partial charge in [-0.2, -0.15) is 0 Å². The van der Waals surface area contributed by atoms with Crippen LogP contribution in [0.25, 0.3) is 0 Å². The van der Waals surface area contributed by atoms with E-state index in [2.05, 4.69) is 11.9 Å². The first-order chi connectivity index (χ1) is 9.10. The zero-order chi connectivity index (χ0) is 14.3. The molecule has 1 aromatic rings. The Morgan fingerprint density at radius 2 is 2.37 bits per heavy atom. The predicted octanol–water partition coefficient (Wildman–Crippen LogP) is 0.405. The zero-order valence-corrected chi connectivity index (χ0v) is 10.8. The molecule has 104 valence electrons. The van der Waals surface area contributed by atoms with Gasteiger partial charge in [0.15, 0.2) is 5.76 Å². The summed E-state index contributed by atoms with van der Waals surface area (Å²) in [4.78, 5) is 25.2. The van der Waals surface area contributed by atoms with Gasteiger partial charge in [-0.1, -0.05) is 6.08 Å². The van der Waals surface area contributed by atoms with Crippen LogP contribution in [0.1, 0.15) is 17.5 Å². The maximum Gasteiger partial charge on any atom is 0.287 e. The maximum absolute atomic E-state index is 12.0. The van der Waals surface area contributed by atoms with E-state index >= 15 is 0 Å². The highest BCUT2D eigenvalue weighted by molar-refractivity contribution is 5.95. The molecule has 1 heterocycles. The fraction of sp³-hybridized carbons (Fsp3) is 0.385. The van der Waals surface area contributed by atoms with Crippen LogP contribution in [0.15, 0.2) is 35.5 Å². The number of hydrogen-bond acceptors (Lipinski definition) is 4. The average Bonchev–Trinajstić information content (AvgIpc) is 2.91. The van der Waals surface area contributed by atoms with Crippen molar-refractivity contribution in [2.24, 2.45) is 0 Å². The van der Waals surface area contributed by atoms with Crippen LogP contribution in [0, 0.1) is 0 Å². The first-order valence-corrected chi connectivity index (χ1v) is 5.95. The summed E-state index contributed by atoms with van der Waals surface area (Å²) in [5, 5.41) is 11.4. The van der Waals surface area contributed by atoms with Gasteiger partial charge >= 0.3 is 0 Å². The number of hydrogen-bond donors (Lipinski definition) is 2. The molecule has 6 nitrogen and oxygen atoms in total. The summed E-state index contributed by atoms with van der Waals surface area (Å²) < 4.78 is 4.94. The molecule has 6 heteroatoms. The van der Waals surface area contributed by atoms with E-state index in [9.17, 15) is 9.59 Å². The van der Waals surface area contributed by atoms with Gasteiger partial charge in [-0.25, -0.2) is 0 Å². The van der Waals surface area contributed by atoms with Crippen LogP contribution in [0.5, 0.6) is 0 Å². The van der Waals surface area contributed by atoms with Crippen LogP contribution in [-0.4, -0.2) is 47.6 Å². The van der Waals surface area contributed by atoms with E-state index in [4.69, 9.17) is 9.52 Å². The Kier molecular flexibility index (Phi) is 5.81. The molecule has 0 radical (unpaired) electrons. The molecule has 1 atom stereocenters. The molecule has 0 saturated heterocycles. The van der Waals surface area contributed by atoms with E-state index in [1.165, 1.54) is 17.2 Å². The van der Waals surface area contributed by atoms with Crippen LogP contribution in [-0.2, 0) is 4.79 Å². The van der Waals surface area contributed by atoms with E-state index in [1.807, 2.05) is 0 Å². The van der Waals surface area contributed by atoms with E-state index in [0.29, 0.717) is 6.54 Å². The van der Waals surface area contributed by atoms with E-state index < -0.39 is 11.9 Å². The Bertz CT molecular complexity index is 428. The number of aliphatic hydroxyl groups excluding tert-OH is 1. The summed E-state index contributed by atoms with van der Waals surface area (Å²) in [6, 6.07) is 2.41. The van der Waals surface area contributed by atoms with Crippen LogP contribution >= 0.6 is 0 Å². The first-order valence-electron chi connectivity index (χ1n) is 5.95. The van der Waals surface area contributed by atoms with Crippen LogP contribution < -0.4 is 5.32 Å². The first kappa shape index (κ1) is 15.0. The third-order valence-electron chi connectivity index (χ3n) is 2.49. The summed E-state index contributed by atoms with van der Waals surface area (Å²) in [7, 11) is 0. The van der Waals surface area contributed by atoms with Crippen LogP contribution in [0.4, 0.5) is 0 Å². The van der Waals surface area contributed by atoms with E-state index in [1.54, 1.807) is 19.1 Å². The molecule has 2 amide bonds. The smallest absolute Gasteiger partial charge is 0.287 e. The molecule has 19 heavy (non-hydrogen) atoms. The second kappa shape index (κ2) is 7.38. The number of nitrogens with zero attached hydrogens (tertiary/aromatic N) is 1. The summed E-state index contributed by atoms with van der Waals surface area (Å²) in [6.07, 6.45) is 2.95. The van der Waals surface area contributed by atoms with Gasteiger partial charge < -0.3 is 19.7 Å². The van der Waals surface area contributed by atoms with E-state index in [-0.39, 0.29) is 24.8 Å². The van der Waals surface area contributed by atoms with Gasteiger partial charge in [0.1, 0.15) is 6.04 Å². The minimum absolute atomic E-state index is 0.140. The van der Waals surface area contributed by atoms with Gasteiger partial charge in [-0.15, -0.1) is 6.58 Å². The molecule has 0 spiro atoms. The second-order valence-electron chi connectivity index (χ2n) is 3.97. The van der Waals surface area contributed by atoms with Crippen molar-refractivity contribution in [3.63, 3.8) is 0 Å². The molecule has 1 unspecified atom stereocenters. The van der Waals surface area contributed by atoms with Gasteiger partial charge in [-0.05, 0) is 19.1 Å². The number of nitrogens with one attached hydrogen (secondary N) is 1. The molecule has 0 aliphatic carbocycles. The van der Waals surface area contributed by atoms with Gasteiger partial charge in [-0.3, -0.25) is 9.59 Å². The lowest BCUT2D eigenvalue weighted by Crippen LogP contribution is -2.47. The Balaban J connectivity index is 2.60. The fourth-order valence-corrected chi connectivity index (χ4v) is 1.58. The monoisotopic (exact) mass is 266 g/mol. The van der Waals surface area contributed by atoms with Crippen molar-refractivity contribution < 1.29 is 19.1 Å². The van der Waals surface area contributed by atoms with Crippen molar-refractivity contribution >= 4 is 11.8 Å². The molecule has 1 aromatic heterocycles. The van der Waals surface area contributed by atoms with E-state index in [0.717, 1.165) is 0 Å². The molecule has 0 fully saturated rings. The summed E-state index contributed by atoms with van der Waals surface area (Å²) in [5.41, 5.74) is 0. The predicted molar refractivity (Wildman–Crippen MR) is 69.5 cm³/mol. The number of furan rings is 1. The van der Waals surface area contributed by atoms with Crippen molar-refractivity contribution in [1.29, 1.82) is 0 Å². The fourth-order valence-electron chi connectivity index (χ4n) is 1.58. The molecule has 0 saturated carbocycles. The van der Waals surface area contributed by atoms with Gasteiger partial charge in [0, 0.05) is 13.1 Å². The summed E-state index contributed by atoms with van der Waals surface area (Å²) >= 11 is 0. The lowest BCUT2D eigenvalue weighted by molar-refractivity contribution is -0.132. The minimum atomic E-state index is -0.705. The molecule has 0 aliphatic rings. The standard InChI is InChI=1S/C13H18N2O4/c1-3-6-15(7-8-16)13(18)10(2)14-12(17)11-5-4-9-19-11/h3-5,9-10,16H,1,6-8H2,2H3,(H,14,17). The molecular formula is C13H18N2O4. The normalized spacial score (nSPS) is 11.7. The zero-order valence-electron chi connectivity index (χ0n) is 10.8. The third kappa shape index (κ3) is 4.26. The number of aliphatic hydroxyl groups is 1. The Labute approximate surface area is 111 Å². The largest absolute Gasteiger partial charge is 0.459 e. The molecular weight excluding hydrogens is 248 g/mol. The van der Waals surface area contributed by atoms with Crippen LogP contribution in [0.2, 0.25) is 0 Å². The van der Waals surface area contributed by atoms with Crippen molar-refractivity contribution in [3.8, 4) is 0 Å². The van der Waals surface area contributed by atoms with Gasteiger partial charge in [0.2, 0.25) is 5.91 Å². The molecule has 0 aliphatic heterocycles. The summed E-state index contributed by atoms with van der Waals surface area (Å²) in [6.45, 7) is 5.51. The molecule has 1 rings (SSSR count). The molecule has 0 aromatic carbocycles. The van der Waals surface area contributed by atoms with Crippen molar-refractivity contribution in [2.75, 3.05) is 19.7 Å². The second-order valence-corrected chi connectivity index (χ2v) is 3.97. The maximum atomic E-state index is 12.0. The van der Waals surface area contributed by atoms with Crippen molar-refractivity contribution in [1.82, 2.24) is 10.2 Å². The number of amides is 2. The Morgan fingerprint density at radius 1 is 1.63 bits per heavy atom. The quantitative estimate of drug-likeness (QED) is 0.700. The lowest BCUT2D eigenvalue weighted by atomic mass is 10.2. The molecule has 0 bridgehead atoms.